The summed E-state index contributed by atoms with van der Waals surface area (Å²) in [5.41, 5.74) is 3.43. The number of ketones is 1. The molecule has 0 saturated carbocycles. The molecule has 0 aromatic heterocycles. The van der Waals surface area contributed by atoms with E-state index in [1.165, 1.54) is 5.56 Å². The van der Waals surface area contributed by atoms with Gasteiger partial charge in [-0.15, -0.1) is 0 Å². The first-order valence-electron chi connectivity index (χ1n) is 7.59. The molecule has 21 heavy (non-hydrogen) atoms. The smallest absolute Gasteiger partial charge is 0.135 e. The number of rotatable bonds is 7. The fourth-order valence-electron chi connectivity index (χ4n) is 2.48. The van der Waals surface area contributed by atoms with Crippen molar-refractivity contribution >= 4 is 11.5 Å². The fourth-order valence-corrected chi connectivity index (χ4v) is 2.48. The molecule has 0 aliphatic heterocycles. The summed E-state index contributed by atoms with van der Waals surface area (Å²) in [7, 11) is 0. The highest BCUT2D eigenvalue weighted by atomic mass is 16.1. The first-order chi connectivity index (χ1) is 10.2. The van der Waals surface area contributed by atoms with Gasteiger partial charge in [0.1, 0.15) is 5.78 Å². The van der Waals surface area contributed by atoms with Crippen molar-refractivity contribution in [1.82, 2.24) is 0 Å². The van der Waals surface area contributed by atoms with E-state index in [0.717, 1.165) is 17.7 Å². The van der Waals surface area contributed by atoms with Gasteiger partial charge in [0.05, 0.1) is 6.04 Å². The van der Waals surface area contributed by atoms with Crippen molar-refractivity contribution in [3.05, 3.63) is 65.7 Å². The lowest BCUT2D eigenvalue weighted by Gasteiger charge is -2.20. The molecule has 0 spiro atoms. The van der Waals surface area contributed by atoms with Crippen LogP contribution in [-0.4, -0.2) is 5.78 Å². The summed E-state index contributed by atoms with van der Waals surface area (Å²) in [6, 6.07) is 18.5. The van der Waals surface area contributed by atoms with Crippen molar-refractivity contribution in [3.63, 3.8) is 0 Å². The standard InChI is InChI=1S/C19H23NO/c1-3-8-18(21)14-19(16-10-5-4-6-11-16)20-17-12-7-9-15(2)13-17/h4-7,9-13,19-20H,3,8,14H2,1-2H3. The van der Waals surface area contributed by atoms with Crippen LogP contribution in [0.2, 0.25) is 0 Å². The molecular formula is C19H23NO. The number of carbonyl (C=O) groups excluding carboxylic acids is 1. The largest absolute Gasteiger partial charge is 0.378 e. The number of hydrogen-bond donors (Lipinski definition) is 1. The second-order valence-electron chi connectivity index (χ2n) is 5.47. The van der Waals surface area contributed by atoms with Crippen LogP contribution in [0, 0.1) is 6.92 Å². The quantitative estimate of drug-likeness (QED) is 0.781. The summed E-state index contributed by atoms with van der Waals surface area (Å²) in [6.07, 6.45) is 2.09. The monoisotopic (exact) mass is 281 g/mol. The van der Waals surface area contributed by atoms with Crippen molar-refractivity contribution < 1.29 is 4.79 Å². The normalized spacial score (nSPS) is 11.9. The van der Waals surface area contributed by atoms with E-state index in [2.05, 4.69) is 36.5 Å². The highest BCUT2D eigenvalue weighted by molar-refractivity contribution is 5.79. The zero-order valence-electron chi connectivity index (χ0n) is 12.8. The Morgan fingerprint density at radius 3 is 2.52 bits per heavy atom. The van der Waals surface area contributed by atoms with Crippen LogP contribution in [0.15, 0.2) is 54.6 Å². The third kappa shape index (κ3) is 4.75. The Bertz CT molecular complexity index is 577. The molecule has 0 heterocycles. The zero-order valence-corrected chi connectivity index (χ0v) is 12.8. The van der Waals surface area contributed by atoms with Crippen LogP contribution in [0.5, 0.6) is 0 Å². The average molecular weight is 281 g/mol. The van der Waals surface area contributed by atoms with Crippen LogP contribution in [0.1, 0.15) is 43.4 Å². The lowest BCUT2D eigenvalue weighted by Crippen LogP contribution is -2.15. The molecule has 0 aliphatic rings. The molecule has 0 aliphatic carbocycles. The molecule has 2 nitrogen and oxygen atoms in total. The van der Waals surface area contributed by atoms with Crippen LogP contribution in [-0.2, 0) is 4.79 Å². The topological polar surface area (TPSA) is 29.1 Å². The number of carbonyl (C=O) groups is 1. The predicted molar refractivity (Wildman–Crippen MR) is 88.5 cm³/mol. The van der Waals surface area contributed by atoms with Crippen LogP contribution in [0.4, 0.5) is 5.69 Å². The summed E-state index contributed by atoms with van der Waals surface area (Å²) in [6.45, 7) is 4.12. The Kier molecular flexibility index (Phi) is 5.56. The van der Waals surface area contributed by atoms with E-state index in [-0.39, 0.29) is 6.04 Å². The third-order valence-corrected chi connectivity index (χ3v) is 3.52. The van der Waals surface area contributed by atoms with E-state index >= 15 is 0 Å². The van der Waals surface area contributed by atoms with Gasteiger partial charge in [-0.25, -0.2) is 0 Å². The molecular weight excluding hydrogens is 258 g/mol. The highest BCUT2D eigenvalue weighted by Gasteiger charge is 2.15. The third-order valence-electron chi connectivity index (χ3n) is 3.52. The highest BCUT2D eigenvalue weighted by Crippen LogP contribution is 2.24. The minimum atomic E-state index is 0.0343. The van der Waals surface area contributed by atoms with E-state index < -0.39 is 0 Å². The molecule has 2 rings (SSSR count). The van der Waals surface area contributed by atoms with Crippen molar-refractivity contribution in [2.45, 2.75) is 39.2 Å². The number of Topliss-reactive ketones (excluding diaryl/α,β-unsaturated/α-hetero) is 1. The van der Waals surface area contributed by atoms with Gasteiger partial charge in [-0.3, -0.25) is 4.79 Å². The van der Waals surface area contributed by atoms with Crippen LogP contribution in [0.25, 0.3) is 0 Å². The van der Waals surface area contributed by atoms with Gasteiger partial charge >= 0.3 is 0 Å². The molecule has 0 radical (unpaired) electrons. The maximum atomic E-state index is 12.0. The Hall–Kier alpha value is -2.09. The molecule has 2 heteroatoms. The lowest BCUT2D eigenvalue weighted by atomic mass is 9.99. The zero-order chi connectivity index (χ0) is 15.1. The fraction of sp³-hybridized carbons (Fsp3) is 0.316. The van der Waals surface area contributed by atoms with E-state index in [0.29, 0.717) is 18.6 Å². The van der Waals surface area contributed by atoms with E-state index in [1.807, 2.05) is 37.3 Å². The van der Waals surface area contributed by atoms with Gasteiger partial charge in [0.15, 0.2) is 0 Å². The molecule has 0 bridgehead atoms. The molecule has 1 atom stereocenters. The first-order valence-corrected chi connectivity index (χ1v) is 7.59. The summed E-state index contributed by atoms with van der Waals surface area (Å²) in [5, 5.41) is 3.50. The molecule has 2 aromatic carbocycles. The average Bonchev–Trinajstić information content (AvgIpc) is 2.48. The Balaban J connectivity index is 2.17. The second kappa shape index (κ2) is 7.63. The maximum absolute atomic E-state index is 12.0. The number of benzene rings is 2. The van der Waals surface area contributed by atoms with E-state index in [1.54, 1.807) is 0 Å². The van der Waals surface area contributed by atoms with Crippen LogP contribution in [0.3, 0.4) is 0 Å². The summed E-state index contributed by atoms with van der Waals surface area (Å²) < 4.78 is 0. The SMILES string of the molecule is CCCC(=O)CC(Nc1cccc(C)c1)c1ccccc1. The molecule has 2 aromatic rings. The van der Waals surface area contributed by atoms with Gasteiger partial charge in [-0.05, 0) is 36.6 Å². The van der Waals surface area contributed by atoms with Crippen LogP contribution < -0.4 is 5.32 Å². The summed E-state index contributed by atoms with van der Waals surface area (Å²) >= 11 is 0. The Morgan fingerprint density at radius 2 is 1.86 bits per heavy atom. The van der Waals surface area contributed by atoms with Gasteiger partial charge in [0.25, 0.3) is 0 Å². The van der Waals surface area contributed by atoms with E-state index in [4.69, 9.17) is 0 Å². The van der Waals surface area contributed by atoms with Gasteiger partial charge in [0, 0.05) is 18.5 Å². The van der Waals surface area contributed by atoms with Crippen molar-refractivity contribution in [2.75, 3.05) is 5.32 Å². The van der Waals surface area contributed by atoms with Gasteiger partial charge in [0.2, 0.25) is 0 Å². The molecule has 1 unspecified atom stereocenters. The lowest BCUT2D eigenvalue weighted by molar-refractivity contribution is -0.119. The van der Waals surface area contributed by atoms with Crippen molar-refractivity contribution in [1.29, 1.82) is 0 Å². The number of anilines is 1. The second-order valence-corrected chi connectivity index (χ2v) is 5.47. The molecule has 0 amide bonds. The van der Waals surface area contributed by atoms with Gasteiger partial charge in [-0.2, -0.15) is 0 Å². The molecule has 0 saturated heterocycles. The summed E-state index contributed by atoms with van der Waals surface area (Å²) in [4.78, 5) is 12.0. The predicted octanol–water partition coefficient (Wildman–Crippen LogP) is 4.91. The first kappa shape index (κ1) is 15.3. The maximum Gasteiger partial charge on any atom is 0.135 e. The van der Waals surface area contributed by atoms with Crippen LogP contribution >= 0.6 is 0 Å². The molecule has 1 N–H and O–H groups in total. The van der Waals surface area contributed by atoms with E-state index in [9.17, 15) is 4.79 Å². The van der Waals surface area contributed by atoms with Crippen molar-refractivity contribution in [3.8, 4) is 0 Å². The number of hydrogen-bond acceptors (Lipinski definition) is 2. The minimum absolute atomic E-state index is 0.0343. The van der Waals surface area contributed by atoms with Gasteiger partial charge < -0.3 is 5.32 Å². The Morgan fingerprint density at radius 1 is 1.10 bits per heavy atom. The van der Waals surface area contributed by atoms with Gasteiger partial charge in [-0.1, -0.05) is 49.4 Å². The summed E-state index contributed by atoms with van der Waals surface area (Å²) in [5.74, 6) is 0.312. The molecule has 110 valence electrons. The Labute approximate surface area is 127 Å². The number of nitrogens with one attached hydrogen (secondary N) is 1. The van der Waals surface area contributed by atoms with Crippen molar-refractivity contribution in [2.24, 2.45) is 0 Å². The minimum Gasteiger partial charge on any atom is -0.378 e. The number of aryl methyl sites for hydroxylation is 1. The molecule has 0 fully saturated rings.